The van der Waals surface area contributed by atoms with Crippen molar-refractivity contribution in [3.8, 4) is 0 Å². The van der Waals surface area contributed by atoms with Gasteiger partial charge >= 0.3 is 0 Å². The van der Waals surface area contributed by atoms with Crippen LogP contribution in [0.15, 0.2) is 11.6 Å². The molecule has 0 aromatic carbocycles. The minimum absolute atomic E-state index is 0.552. The molecule has 0 aliphatic heterocycles. The Morgan fingerprint density at radius 2 is 2.40 bits per heavy atom. The molecule has 1 aliphatic carbocycles. The third-order valence-electron chi connectivity index (χ3n) is 2.24. The highest BCUT2D eigenvalue weighted by Crippen LogP contribution is 2.35. The minimum atomic E-state index is 0.552. The zero-order valence-electron chi connectivity index (χ0n) is 6.78. The van der Waals surface area contributed by atoms with Gasteiger partial charge in [0.05, 0.1) is 0 Å². The highest BCUT2D eigenvalue weighted by Gasteiger charge is 2.22. The largest absolute Gasteiger partial charge is 0.0840 e. The predicted octanol–water partition coefficient (Wildman–Crippen LogP) is 3.70. The normalized spacial score (nSPS) is 33.7. The van der Waals surface area contributed by atoms with E-state index in [4.69, 9.17) is 0 Å². The zero-order chi connectivity index (χ0) is 7.61. The lowest BCUT2D eigenvalue weighted by Crippen LogP contribution is -2.17. The summed E-state index contributed by atoms with van der Waals surface area (Å²) in [7, 11) is 0. The fourth-order valence-electron chi connectivity index (χ4n) is 1.30. The van der Waals surface area contributed by atoms with Crippen molar-refractivity contribution in [1.82, 2.24) is 0 Å². The first-order chi connectivity index (χ1) is 4.64. The molecule has 0 amide bonds. The van der Waals surface area contributed by atoms with E-state index >= 15 is 0 Å². The van der Waals surface area contributed by atoms with Crippen molar-refractivity contribution in [3.63, 3.8) is 0 Å². The third-order valence-corrected chi connectivity index (χ3v) is 3.22. The van der Waals surface area contributed by atoms with Crippen LogP contribution >= 0.6 is 22.6 Å². The van der Waals surface area contributed by atoms with Crippen molar-refractivity contribution in [2.45, 2.75) is 43.0 Å². The van der Waals surface area contributed by atoms with Crippen LogP contribution in [0, 0.1) is 0 Å². The Labute approximate surface area is 77.2 Å². The maximum atomic E-state index is 2.57. The van der Waals surface area contributed by atoms with Gasteiger partial charge in [0.1, 0.15) is 0 Å². The van der Waals surface area contributed by atoms with Crippen molar-refractivity contribution >= 4 is 22.6 Å². The zero-order valence-corrected chi connectivity index (χ0v) is 8.94. The number of halogens is 1. The molecule has 1 heteroatoms. The molecule has 0 aromatic rings. The van der Waals surface area contributed by atoms with E-state index in [9.17, 15) is 0 Å². The Bertz CT molecular complexity index is 145. The SMILES string of the molecule is CCC1=CCC(C)(I)CC1. The maximum Gasteiger partial charge on any atom is 0.0231 e. The average molecular weight is 250 g/mol. The van der Waals surface area contributed by atoms with Crippen LogP contribution in [-0.4, -0.2) is 3.42 Å². The summed E-state index contributed by atoms with van der Waals surface area (Å²) in [6.45, 7) is 4.60. The molecule has 0 fully saturated rings. The standard InChI is InChI=1S/C9H15I/c1-3-8-4-6-9(2,10)7-5-8/h4H,3,5-7H2,1-2H3. The smallest absolute Gasteiger partial charge is 0.0231 e. The van der Waals surface area contributed by atoms with Crippen molar-refractivity contribution in [1.29, 1.82) is 0 Å². The van der Waals surface area contributed by atoms with Gasteiger partial charge in [0.15, 0.2) is 0 Å². The van der Waals surface area contributed by atoms with Gasteiger partial charge in [-0.2, -0.15) is 0 Å². The monoisotopic (exact) mass is 250 g/mol. The van der Waals surface area contributed by atoms with Crippen molar-refractivity contribution in [2.75, 3.05) is 0 Å². The molecule has 1 atom stereocenters. The lowest BCUT2D eigenvalue weighted by atomic mass is 9.90. The molecule has 0 nitrogen and oxygen atoms in total. The third kappa shape index (κ3) is 2.26. The van der Waals surface area contributed by atoms with E-state index in [2.05, 4.69) is 42.5 Å². The molecule has 0 saturated heterocycles. The Kier molecular flexibility index (Phi) is 2.78. The second kappa shape index (κ2) is 3.24. The quantitative estimate of drug-likeness (QED) is 0.378. The summed E-state index contributed by atoms with van der Waals surface area (Å²) in [4.78, 5) is 0. The van der Waals surface area contributed by atoms with E-state index in [1.165, 1.54) is 25.7 Å². The van der Waals surface area contributed by atoms with Gasteiger partial charge < -0.3 is 0 Å². The molecular formula is C9H15I. The number of allylic oxidation sites excluding steroid dienone is 2. The molecule has 58 valence electrons. The summed E-state index contributed by atoms with van der Waals surface area (Å²) in [5.74, 6) is 0. The van der Waals surface area contributed by atoms with Crippen LogP contribution in [0.5, 0.6) is 0 Å². The van der Waals surface area contributed by atoms with Gasteiger partial charge in [-0.1, -0.05) is 48.1 Å². The van der Waals surface area contributed by atoms with E-state index in [0.29, 0.717) is 3.42 Å². The number of hydrogen-bond donors (Lipinski definition) is 0. The molecule has 0 heterocycles. The van der Waals surface area contributed by atoms with E-state index in [0.717, 1.165) is 0 Å². The van der Waals surface area contributed by atoms with Crippen LogP contribution in [0.25, 0.3) is 0 Å². The molecule has 0 radical (unpaired) electrons. The summed E-state index contributed by atoms with van der Waals surface area (Å²) in [5.41, 5.74) is 1.66. The molecule has 0 N–H and O–H groups in total. The van der Waals surface area contributed by atoms with E-state index in [-0.39, 0.29) is 0 Å². The predicted molar refractivity (Wildman–Crippen MR) is 54.7 cm³/mol. The van der Waals surface area contributed by atoms with Gasteiger partial charge in [0.25, 0.3) is 0 Å². The van der Waals surface area contributed by atoms with Gasteiger partial charge in [-0.3, -0.25) is 0 Å². The van der Waals surface area contributed by atoms with Gasteiger partial charge in [-0.15, -0.1) is 0 Å². The molecule has 1 aliphatic rings. The first-order valence-electron chi connectivity index (χ1n) is 4.01. The second-order valence-corrected chi connectivity index (χ2v) is 5.94. The molecule has 0 bridgehead atoms. The van der Waals surface area contributed by atoms with Crippen LogP contribution in [0.2, 0.25) is 0 Å². The first kappa shape index (κ1) is 8.57. The second-order valence-electron chi connectivity index (χ2n) is 3.33. The molecule has 0 aromatic heterocycles. The van der Waals surface area contributed by atoms with Gasteiger partial charge in [0.2, 0.25) is 0 Å². The Morgan fingerprint density at radius 3 is 2.80 bits per heavy atom. The van der Waals surface area contributed by atoms with Gasteiger partial charge in [-0.25, -0.2) is 0 Å². The van der Waals surface area contributed by atoms with Gasteiger partial charge in [0, 0.05) is 3.42 Å². The molecule has 10 heavy (non-hydrogen) atoms. The highest BCUT2D eigenvalue weighted by atomic mass is 127. The summed E-state index contributed by atoms with van der Waals surface area (Å²) >= 11 is 2.57. The molecule has 1 rings (SSSR count). The lowest BCUT2D eigenvalue weighted by molar-refractivity contribution is 0.582. The Morgan fingerprint density at radius 1 is 1.70 bits per heavy atom. The molecule has 1 unspecified atom stereocenters. The van der Waals surface area contributed by atoms with Crippen LogP contribution in [0.1, 0.15) is 39.5 Å². The van der Waals surface area contributed by atoms with E-state index < -0.39 is 0 Å². The minimum Gasteiger partial charge on any atom is -0.0840 e. The van der Waals surface area contributed by atoms with E-state index in [1.54, 1.807) is 5.57 Å². The lowest BCUT2D eigenvalue weighted by Gasteiger charge is -2.26. The van der Waals surface area contributed by atoms with Crippen LogP contribution < -0.4 is 0 Å². The number of rotatable bonds is 1. The fourth-order valence-corrected chi connectivity index (χ4v) is 1.79. The fraction of sp³-hybridized carbons (Fsp3) is 0.778. The summed E-state index contributed by atoms with van der Waals surface area (Å²) < 4.78 is 0.552. The Hall–Kier alpha value is 0.470. The number of hydrogen-bond acceptors (Lipinski definition) is 0. The summed E-state index contributed by atoms with van der Waals surface area (Å²) in [6.07, 6.45) is 7.66. The van der Waals surface area contributed by atoms with Crippen molar-refractivity contribution in [3.05, 3.63) is 11.6 Å². The molecule has 0 saturated carbocycles. The van der Waals surface area contributed by atoms with Crippen LogP contribution in [0.3, 0.4) is 0 Å². The maximum absolute atomic E-state index is 2.57. The summed E-state index contributed by atoms with van der Waals surface area (Å²) in [5, 5.41) is 0. The van der Waals surface area contributed by atoms with Crippen LogP contribution in [-0.2, 0) is 0 Å². The van der Waals surface area contributed by atoms with Crippen LogP contribution in [0.4, 0.5) is 0 Å². The van der Waals surface area contributed by atoms with Crippen molar-refractivity contribution < 1.29 is 0 Å². The molecular weight excluding hydrogens is 235 g/mol. The van der Waals surface area contributed by atoms with Gasteiger partial charge in [-0.05, 0) is 25.7 Å². The van der Waals surface area contributed by atoms with Crippen molar-refractivity contribution in [2.24, 2.45) is 0 Å². The van der Waals surface area contributed by atoms with E-state index in [1.807, 2.05) is 0 Å². The number of alkyl halides is 1. The topological polar surface area (TPSA) is 0 Å². The summed E-state index contributed by atoms with van der Waals surface area (Å²) in [6, 6.07) is 0. The molecule has 0 spiro atoms. The Balaban J connectivity index is 2.52. The first-order valence-corrected chi connectivity index (χ1v) is 5.09. The average Bonchev–Trinajstić information content (AvgIpc) is 1.88. The highest BCUT2D eigenvalue weighted by molar-refractivity contribution is 14.1.